The summed E-state index contributed by atoms with van der Waals surface area (Å²) < 4.78 is 29.6. The third kappa shape index (κ3) is 1.78. The zero-order valence-electron chi connectivity index (χ0n) is 5.80. The summed E-state index contributed by atoms with van der Waals surface area (Å²) >= 11 is 0. The molecule has 0 aliphatic carbocycles. The second-order valence-corrected chi connectivity index (χ2v) is 3.39. The summed E-state index contributed by atoms with van der Waals surface area (Å²) in [5.74, 6) is 0. The largest absolute Gasteiger partial charge is 0.294 e. The first-order valence-electron chi connectivity index (χ1n) is 2.87. The van der Waals surface area contributed by atoms with Gasteiger partial charge < -0.3 is 0 Å². The molecule has 1 heterocycles. The van der Waals surface area contributed by atoms with Crippen LogP contribution in [-0.2, 0) is 10.1 Å². The van der Waals surface area contributed by atoms with Crippen LogP contribution in [0.4, 0.5) is 0 Å². The first kappa shape index (κ1) is 8.64. The number of hydrogen-bond donors (Lipinski definition) is 1. The van der Waals surface area contributed by atoms with E-state index in [-0.39, 0.29) is 10.6 Å². The lowest BCUT2D eigenvalue weighted by Gasteiger charge is -1.94. The Hall–Kier alpha value is -1.45. The van der Waals surface area contributed by atoms with Crippen LogP contribution in [0.15, 0.2) is 23.2 Å². The van der Waals surface area contributed by atoms with Crippen molar-refractivity contribution in [2.45, 2.75) is 4.90 Å². The second-order valence-electron chi connectivity index (χ2n) is 1.96. The highest BCUT2D eigenvalue weighted by molar-refractivity contribution is 7.85. The molecule has 1 rings (SSSR count). The van der Waals surface area contributed by atoms with Gasteiger partial charge in [-0.3, -0.25) is 4.55 Å². The van der Waals surface area contributed by atoms with Crippen molar-refractivity contribution in [2.75, 3.05) is 0 Å². The van der Waals surface area contributed by atoms with Gasteiger partial charge in [0.15, 0.2) is 0 Å². The van der Waals surface area contributed by atoms with Crippen LogP contribution in [0.5, 0.6) is 0 Å². The van der Waals surface area contributed by atoms with Gasteiger partial charge in [-0.05, 0) is 12.1 Å². The molecule has 62 valence electrons. The van der Waals surface area contributed by atoms with Crippen LogP contribution < -0.4 is 0 Å². The fourth-order valence-electron chi connectivity index (χ4n) is 0.633. The number of nitriles is 1. The van der Waals surface area contributed by atoms with Gasteiger partial charge in [0.25, 0.3) is 10.1 Å². The quantitative estimate of drug-likeness (QED) is 0.629. The van der Waals surface area contributed by atoms with Crippen molar-refractivity contribution < 1.29 is 13.0 Å². The average molecular weight is 184 g/mol. The molecule has 6 heteroatoms. The normalized spacial score (nSPS) is 10.7. The van der Waals surface area contributed by atoms with Crippen molar-refractivity contribution in [1.82, 2.24) is 4.98 Å². The maximum absolute atomic E-state index is 10.5. The molecule has 0 aromatic carbocycles. The van der Waals surface area contributed by atoms with E-state index in [0.717, 1.165) is 18.3 Å². The molecule has 0 aliphatic rings. The molecule has 12 heavy (non-hydrogen) atoms. The van der Waals surface area contributed by atoms with E-state index >= 15 is 0 Å². The summed E-state index contributed by atoms with van der Waals surface area (Å²) in [6.45, 7) is 0. The van der Waals surface area contributed by atoms with Crippen LogP contribution in [0.3, 0.4) is 0 Å². The number of nitrogens with zero attached hydrogens (tertiary/aromatic N) is 2. The van der Waals surface area contributed by atoms with Crippen molar-refractivity contribution >= 4 is 10.1 Å². The summed E-state index contributed by atoms with van der Waals surface area (Å²) in [6, 6.07) is 3.76. The van der Waals surface area contributed by atoms with Gasteiger partial charge in [0, 0.05) is 6.20 Å². The molecule has 0 fully saturated rings. The standard InChI is InChI=1S/C6H4N2O3S/c7-4-5-3-6(1-2-8-5)12(9,10)11/h1-3H,(H,9,10,11). The van der Waals surface area contributed by atoms with Crippen LogP contribution in [0, 0.1) is 11.3 Å². The molecule has 0 saturated carbocycles. The first-order chi connectivity index (χ1) is 5.54. The van der Waals surface area contributed by atoms with Gasteiger partial charge >= 0.3 is 0 Å². The van der Waals surface area contributed by atoms with E-state index in [1.165, 1.54) is 0 Å². The fourth-order valence-corrected chi connectivity index (χ4v) is 1.13. The number of pyridine rings is 1. The van der Waals surface area contributed by atoms with Crippen molar-refractivity contribution in [1.29, 1.82) is 5.26 Å². The first-order valence-corrected chi connectivity index (χ1v) is 4.31. The average Bonchev–Trinajstić information content (AvgIpc) is 2.03. The molecule has 0 bridgehead atoms. The second kappa shape index (κ2) is 2.89. The monoisotopic (exact) mass is 184 g/mol. The van der Waals surface area contributed by atoms with Gasteiger partial charge in [-0.15, -0.1) is 0 Å². The highest BCUT2D eigenvalue weighted by atomic mass is 32.2. The highest BCUT2D eigenvalue weighted by Gasteiger charge is 2.09. The van der Waals surface area contributed by atoms with Crippen LogP contribution in [-0.4, -0.2) is 18.0 Å². The molecular weight excluding hydrogens is 180 g/mol. The zero-order chi connectivity index (χ0) is 9.19. The smallest absolute Gasteiger partial charge is 0.282 e. The molecule has 1 N–H and O–H groups in total. The highest BCUT2D eigenvalue weighted by Crippen LogP contribution is 2.07. The van der Waals surface area contributed by atoms with Gasteiger partial charge in [-0.2, -0.15) is 13.7 Å². The predicted molar refractivity (Wildman–Crippen MR) is 38.8 cm³/mol. The molecular formula is C6H4N2O3S. The van der Waals surface area contributed by atoms with E-state index in [0.29, 0.717) is 0 Å². The molecule has 0 saturated heterocycles. The molecule has 5 nitrogen and oxygen atoms in total. The van der Waals surface area contributed by atoms with Crippen molar-refractivity contribution in [3.8, 4) is 6.07 Å². The minimum atomic E-state index is -4.23. The van der Waals surface area contributed by atoms with Gasteiger partial charge in [-0.25, -0.2) is 4.98 Å². The molecule has 0 amide bonds. The van der Waals surface area contributed by atoms with Gasteiger partial charge in [0.1, 0.15) is 11.8 Å². The SMILES string of the molecule is N#Cc1cc(S(=O)(=O)O)ccn1. The Morgan fingerprint density at radius 3 is 2.75 bits per heavy atom. The van der Waals surface area contributed by atoms with Crippen molar-refractivity contribution in [3.05, 3.63) is 24.0 Å². The maximum atomic E-state index is 10.5. The van der Waals surface area contributed by atoms with Gasteiger partial charge in [-0.1, -0.05) is 0 Å². The Kier molecular flexibility index (Phi) is 2.08. The topological polar surface area (TPSA) is 91.0 Å². The van der Waals surface area contributed by atoms with E-state index in [9.17, 15) is 8.42 Å². The van der Waals surface area contributed by atoms with E-state index < -0.39 is 10.1 Å². The van der Waals surface area contributed by atoms with Gasteiger partial charge in [0.2, 0.25) is 0 Å². The van der Waals surface area contributed by atoms with Crippen LogP contribution in [0.25, 0.3) is 0 Å². The lowest BCUT2D eigenvalue weighted by Crippen LogP contribution is -1.98. The minimum Gasteiger partial charge on any atom is -0.282 e. The Labute approximate surface area is 69.0 Å². The van der Waals surface area contributed by atoms with E-state index in [4.69, 9.17) is 9.81 Å². The molecule has 0 atom stereocenters. The van der Waals surface area contributed by atoms with Crippen LogP contribution in [0.1, 0.15) is 5.69 Å². The number of rotatable bonds is 1. The molecule has 1 aromatic heterocycles. The summed E-state index contributed by atoms with van der Waals surface area (Å²) in [4.78, 5) is 3.21. The molecule has 1 aromatic rings. The number of hydrogen-bond acceptors (Lipinski definition) is 4. The van der Waals surface area contributed by atoms with E-state index in [1.807, 2.05) is 0 Å². The van der Waals surface area contributed by atoms with E-state index in [1.54, 1.807) is 6.07 Å². The molecule has 0 spiro atoms. The third-order valence-corrected chi connectivity index (χ3v) is 1.99. The van der Waals surface area contributed by atoms with E-state index in [2.05, 4.69) is 4.98 Å². The van der Waals surface area contributed by atoms with Crippen LogP contribution >= 0.6 is 0 Å². The summed E-state index contributed by atoms with van der Waals surface area (Å²) in [6.07, 6.45) is 1.14. The summed E-state index contributed by atoms with van der Waals surface area (Å²) in [5, 5.41) is 8.34. The zero-order valence-corrected chi connectivity index (χ0v) is 6.61. The summed E-state index contributed by atoms with van der Waals surface area (Å²) in [5.41, 5.74) is -0.0508. The Bertz CT molecular complexity index is 432. The minimum absolute atomic E-state index is 0.0508. The molecule has 0 unspecified atom stereocenters. The van der Waals surface area contributed by atoms with Crippen LogP contribution in [0.2, 0.25) is 0 Å². The maximum Gasteiger partial charge on any atom is 0.294 e. The van der Waals surface area contributed by atoms with Crippen molar-refractivity contribution in [3.63, 3.8) is 0 Å². The Morgan fingerprint density at radius 2 is 2.25 bits per heavy atom. The molecule has 0 aliphatic heterocycles. The Morgan fingerprint density at radius 1 is 1.58 bits per heavy atom. The lowest BCUT2D eigenvalue weighted by atomic mass is 10.4. The summed E-state index contributed by atoms with van der Waals surface area (Å²) in [7, 11) is -4.23. The molecule has 0 radical (unpaired) electrons. The fraction of sp³-hybridized carbons (Fsp3) is 0. The third-order valence-electron chi connectivity index (χ3n) is 1.14. The van der Waals surface area contributed by atoms with Crippen molar-refractivity contribution in [2.24, 2.45) is 0 Å². The number of aromatic nitrogens is 1. The lowest BCUT2D eigenvalue weighted by molar-refractivity contribution is 0.483. The predicted octanol–water partition coefficient (Wildman–Crippen LogP) is 0.200. The van der Waals surface area contributed by atoms with Gasteiger partial charge in [0.05, 0.1) is 4.90 Å². The Balaban J connectivity index is 3.32.